The number of hydrogen-bond acceptors (Lipinski definition) is 8. The van der Waals surface area contributed by atoms with Crippen molar-refractivity contribution in [2.24, 2.45) is 11.3 Å². The molecule has 1 aromatic rings. The number of carbonyl (C=O) groups excluding carboxylic acids is 6. The first kappa shape index (κ1) is 33.0. The molecule has 1 saturated heterocycles. The maximum absolute atomic E-state index is 13.9. The van der Waals surface area contributed by atoms with E-state index in [1.165, 1.54) is 23.5 Å². The zero-order valence-electron chi connectivity index (χ0n) is 26.1. The standard InChI is InChI=1S/C31H45N7O6/c1-5-20(24(39)29(43)34-19-11-12-19)35-27(41)22-13-16-38(22)30(44)25(31(2,3)4)37-28(42)23(18-9-7-6-8-10-18)36-26(40)21-17-32-14-15-33-21/h14-15,17-20,22-23,25H,5-13,16H2,1-4H3,(H,34,43)(H,35,41)(H,36,40)(H,37,42)/t20?,22?,23-,25+/m0/s1. The van der Waals surface area contributed by atoms with Gasteiger partial charge in [0.25, 0.3) is 11.8 Å². The Labute approximate surface area is 258 Å². The number of nitrogens with zero attached hydrogens (tertiary/aromatic N) is 3. The minimum Gasteiger partial charge on any atom is -0.347 e. The third-order valence-corrected chi connectivity index (χ3v) is 8.67. The molecule has 13 nitrogen and oxygen atoms in total. The van der Waals surface area contributed by atoms with Crippen LogP contribution >= 0.6 is 0 Å². The van der Waals surface area contributed by atoms with E-state index in [4.69, 9.17) is 0 Å². The zero-order chi connectivity index (χ0) is 32.0. The molecule has 2 saturated carbocycles. The molecule has 240 valence electrons. The van der Waals surface area contributed by atoms with Crippen LogP contribution < -0.4 is 21.3 Å². The average molecular weight is 612 g/mol. The van der Waals surface area contributed by atoms with E-state index < -0.39 is 64.9 Å². The van der Waals surface area contributed by atoms with Gasteiger partial charge in [-0.1, -0.05) is 47.0 Å². The van der Waals surface area contributed by atoms with Gasteiger partial charge in [0.2, 0.25) is 23.5 Å². The Kier molecular flexibility index (Phi) is 10.7. The molecular weight excluding hydrogens is 566 g/mol. The first-order valence-corrected chi connectivity index (χ1v) is 15.7. The average Bonchev–Trinajstić information content (AvgIpc) is 3.80. The number of ketones is 1. The number of likely N-dealkylation sites (tertiary alicyclic amines) is 1. The fraction of sp³-hybridized carbons (Fsp3) is 0.677. The molecular formula is C31H45N7O6. The maximum atomic E-state index is 13.9. The third kappa shape index (κ3) is 8.17. The summed E-state index contributed by atoms with van der Waals surface area (Å²) >= 11 is 0. The van der Waals surface area contributed by atoms with E-state index in [0.717, 1.165) is 44.9 Å². The number of carbonyl (C=O) groups is 6. The minimum atomic E-state index is -0.994. The molecule has 1 aliphatic heterocycles. The molecule has 5 amide bonds. The number of rotatable bonds is 12. The summed E-state index contributed by atoms with van der Waals surface area (Å²) in [6.45, 7) is 7.48. The Balaban J connectivity index is 1.44. The number of aromatic nitrogens is 2. The van der Waals surface area contributed by atoms with E-state index in [2.05, 4.69) is 31.2 Å². The second-order valence-electron chi connectivity index (χ2n) is 13.2. The molecule has 3 fully saturated rings. The third-order valence-electron chi connectivity index (χ3n) is 8.67. The Morgan fingerprint density at radius 2 is 1.64 bits per heavy atom. The SMILES string of the molecule is CCC(NC(=O)C1CCN1C(=O)[C@@H](NC(=O)[C@@H](NC(=O)c1cnccn1)C1CCCCC1)C(C)(C)C)C(=O)C(=O)NC1CC1. The second-order valence-corrected chi connectivity index (χ2v) is 13.2. The highest BCUT2D eigenvalue weighted by Crippen LogP contribution is 2.29. The molecule has 2 aliphatic carbocycles. The Hall–Kier alpha value is -3.90. The summed E-state index contributed by atoms with van der Waals surface area (Å²) in [5, 5.41) is 11.1. The molecule has 3 aliphatic rings. The Morgan fingerprint density at radius 3 is 2.18 bits per heavy atom. The summed E-state index contributed by atoms with van der Waals surface area (Å²) in [5.74, 6) is -3.46. The van der Waals surface area contributed by atoms with Crippen molar-refractivity contribution in [1.29, 1.82) is 0 Å². The van der Waals surface area contributed by atoms with Crippen molar-refractivity contribution in [2.45, 2.75) is 116 Å². The molecule has 0 bridgehead atoms. The number of nitrogens with one attached hydrogen (secondary N) is 4. The lowest BCUT2D eigenvalue weighted by Crippen LogP contribution is -2.66. The monoisotopic (exact) mass is 611 g/mol. The van der Waals surface area contributed by atoms with Gasteiger partial charge >= 0.3 is 0 Å². The molecule has 4 N–H and O–H groups in total. The van der Waals surface area contributed by atoms with Crippen LogP contribution in [0.15, 0.2) is 18.6 Å². The van der Waals surface area contributed by atoms with Crippen molar-refractivity contribution in [3.63, 3.8) is 0 Å². The molecule has 4 rings (SSSR count). The minimum absolute atomic E-state index is 0.0157. The van der Waals surface area contributed by atoms with Crippen LogP contribution in [0.4, 0.5) is 0 Å². The molecule has 4 atom stereocenters. The number of amides is 5. The molecule has 0 spiro atoms. The van der Waals surface area contributed by atoms with Gasteiger partial charge in [-0.15, -0.1) is 0 Å². The summed E-state index contributed by atoms with van der Waals surface area (Å²) < 4.78 is 0. The van der Waals surface area contributed by atoms with Gasteiger partial charge in [0.1, 0.15) is 23.8 Å². The van der Waals surface area contributed by atoms with Gasteiger partial charge < -0.3 is 26.2 Å². The number of Topliss-reactive ketones (excluding diaryl/α,β-unsaturated/α-hetero) is 1. The first-order valence-electron chi connectivity index (χ1n) is 15.7. The zero-order valence-corrected chi connectivity index (χ0v) is 26.1. The topological polar surface area (TPSA) is 180 Å². The van der Waals surface area contributed by atoms with Crippen LogP contribution in [-0.2, 0) is 24.0 Å². The van der Waals surface area contributed by atoms with E-state index in [1.54, 1.807) is 6.92 Å². The molecule has 1 aromatic heterocycles. The fourth-order valence-corrected chi connectivity index (χ4v) is 5.73. The summed E-state index contributed by atoms with van der Waals surface area (Å²) in [6.07, 6.45) is 10.9. The predicted octanol–water partition coefficient (Wildman–Crippen LogP) is 1.03. The smallest absolute Gasteiger partial charge is 0.289 e. The van der Waals surface area contributed by atoms with Crippen molar-refractivity contribution in [3.05, 3.63) is 24.3 Å². The van der Waals surface area contributed by atoms with Crippen molar-refractivity contribution < 1.29 is 28.8 Å². The van der Waals surface area contributed by atoms with Crippen LogP contribution in [-0.4, -0.2) is 86.9 Å². The lowest BCUT2D eigenvalue weighted by Gasteiger charge is -2.44. The highest BCUT2D eigenvalue weighted by molar-refractivity contribution is 6.38. The van der Waals surface area contributed by atoms with E-state index in [9.17, 15) is 28.8 Å². The maximum Gasteiger partial charge on any atom is 0.289 e. The summed E-state index contributed by atoms with van der Waals surface area (Å²) in [7, 11) is 0. The summed E-state index contributed by atoms with van der Waals surface area (Å²) in [6, 6.07) is -3.68. The molecule has 0 aromatic carbocycles. The normalized spacial score (nSPS) is 20.7. The molecule has 2 unspecified atom stereocenters. The second kappa shape index (κ2) is 14.3. The van der Waals surface area contributed by atoms with Gasteiger partial charge in [-0.3, -0.25) is 33.8 Å². The number of hydrogen-bond donors (Lipinski definition) is 4. The molecule has 2 heterocycles. The molecule has 0 radical (unpaired) electrons. The van der Waals surface area contributed by atoms with Gasteiger partial charge in [-0.2, -0.15) is 0 Å². The van der Waals surface area contributed by atoms with Crippen LogP contribution in [0, 0.1) is 11.3 Å². The van der Waals surface area contributed by atoms with Crippen LogP contribution in [0.5, 0.6) is 0 Å². The largest absolute Gasteiger partial charge is 0.347 e. The molecule has 13 heteroatoms. The van der Waals surface area contributed by atoms with E-state index in [1.807, 2.05) is 20.8 Å². The van der Waals surface area contributed by atoms with Gasteiger partial charge in [0.15, 0.2) is 0 Å². The van der Waals surface area contributed by atoms with Crippen molar-refractivity contribution in [2.75, 3.05) is 6.54 Å². The van der Waals surface area contributed by atoms with Crippen molar-refractivity contribution >= 4 is 35.3 Å². The summed E-state index contributed by atoms with van der Waals surface area (Å²) in [4.78, 5) is 88.2. The van der Waals surface area contributed by atoms with Crippen LogP contribution in [0.2, 0.25) is 0 Å². The van der Waals surface area contributed by atoms with E-state index in [0.29, 0.717) is 13.0 Å². The first-order chi connectivity index (χ1) is 20.9. The van der Waals surface area contributed by atoms with Gasteiger partial charge in [-0.05, 0) is 49.9 Å². The van der Waals surface area contributed by atoms with Crippen LogP contribution in [0.1, 0.15) is 96.0 Å². The highest BCUT2D eigenvalue weighted by atomic mass is 16.2. The van der Waals surface area contributed by atoms with Crippen LogP contribution in [0.3, 0.4) is 0 Å². The van der Waals surface area contributed by atoms with E-state index >= 15 is 0 Å². The molecule has 44 heavy (non-hydrogen) atoms. The Morgan fingerprint density at radius 1 is 0.932 bits per heavy atom. The van der Waals surface area contributed by atoms with Crippen molar-refractivity contribution in [3.8, 4) is 0 Å². The van der Waals surface area contributed by atoms with Crippen molar-refractivity contribution in [1.82, 2.24) is 36.1 Å². The Bertz CT molecular complexity index is 1240. The quantitative estimate of drug-likeness (QED) is 0.253. The fourth-order valence-electron chi connectivity index (χ4n) is 5.73. The highest BCUT2D eigenvalue weighted by Gasteiger charge is 2.46. The van der Waals surface area contributed by atoms with Gasteiger partial charge in [-0.25, -0.2) is 4.98 Å². The van der Waals surface area contributed by atoms with Gasteiger partial charge in [0, 0.05) is 25.0 Å². The van der Waals surface area contributed by atoms with Crippen LogP contribution in [0.25, 0.3) is 0 Å². The summed E-state index contributed by atoms with van der Waals surface area (Å²) in [5.41, 5.74) is -0.633. The van der Waals surface area contributed by atoms with E-state index in [-0.39, 0.29) is 24.1 Å². The van der Waals surface area contributed by atoms with Gasteiger partial charge in [0.05, 0.1) is 12.2 Å². The lowest BCUT2D eigenvalue weighted by molar-refractivity contribution is -0.153. The lowest BCUT2D eigenvalue weighted by atomic mass is 9.81. The predicted molar refractivity (Wildman–Crippen MR) is 160 cm³/mol.